The molecule has 0 saturated carbocycles. The fourth-order valence-corrected chi connectivity index (χ4v) is 1.60. The molecule has 0 unspecified atom stereocenters. The van der Waals surface area contributed by atoms with E-state index in [9.17, 15) is 0 Å². The van der Waals surface area contributed by atoms with Gasteiger partial charge in [0.1, 0.15) is 12.4 Å². The summed E-state index contributed by atoms with van der Waals surface area (Å²) in [6, 6.07) is 6.14. The van der Waals surface area contributed by atoms with Crippen molar-refractivity contribution in [2.75, 3.05) is 18.5 Å². The minimum absolute atomic E-state index is 0.771. The molecule has 1 aromatic rings. The number of ether oxygens (including phenoxy) is 1. The Morgan fingerprint density at radius 3 is 2.92 bits per heavy atom. The number of hydrogen-bond donors (Lipinski definition) is 1. The van der Waals surface area contributed by atoms with Gasteiger partial charge < -0.3 is 10.1 Å². The lowest BCUT2D eigenvalue weighted by molar-refractivity contribution is 0.323. The highest BCUT2D eigenvalue weighted by Crippen LogP contribution is 2.28. The molecular weight excluding hydrogens is 277 g/mol. The Labute approximate surface area is 92.8 Å². The molecule has 1 N–H and O–H groups in total. The van der Waals surface area contributed by atoms with Gasteiger partial charge in [-0.05, 0) is 40.8 Å². The molecule has 13 heavy (non-hydrogen) atoms. The maximum atomic E-state index is 5.41. The van der Waals surface area contributed by atoms with Crippen molar-refractivity contribution < 1.29 is 4.74 Å². The van der Waals surface area contributed by atoms with E-state index in [4.69, 9.17) is 4.74 Å². The van der Waals surface area contributed by atoms with Crippen molar-refractivity contribution in [1.82, 2.24) is 0 Å². The number of halogens is 1. The molecule has 1 aliphatic heterocycles. The lowest BCUT2D eigenvalue weighted by atomic mass is 10.2. The Balaban J connectivity index is 0.000000396. The molecule has 0 bridgehead atoms. The maximum absolute atomic E-state index is 5.41. The SMILES string of the molecule is CC.Ic1ccc2c(c1)NCCO2. The summed E-state index contributed by atoms with van der Waals surface area (Å²) in [7, 11) is 0. The molecule has 72 valence electrons. The molecule has 1 aromatic carbocycles. The molecule has 0 radical (unpaired) electrons. The number of rotatable bonds is 0. The van der Waals surface area contributed by atoms with Gasteiger partial charge in [0.05, 0.1) is 5.69 Å². The summed E-state index contributed by atoms with van der Waals surface area (Å²) < 4.78 is 6.65. The van der Waals surface area contributed by atoms with Crippen LogP contribution in [-0.4, -0.2) is 13.2 Å². The molecular formula is C10H14INO. The van der Waals surface area contributed by atoms with Gasteiger partial charge >= 0.3 is 0 Å². The number of anilines is 1. The third-order valence-electron chi connectivity index (χ3n) is 1.62. The van der Waals surface area contributed by atoms with E-state index in [0.717, 1.165) is 24.6 Å². The summed E-state index contributed by atoms with van der Waals surface area (Å²) in [4.78, 5) is 0. The first-order valence-electron chi connectivity index (χ1n) is 4.52. The summed E-state index contributed by atoms with van der Waals surface area (Å²) in [6.45, 7) is 5.68. The van der Waals surface area contributed by atoms with Crippen LogP contribution in [0.2, 0.25) is 0 Å². The van der Waals surface area contributed by atoms with Crippen molar-refractivity contribution in [3.63, 3.8) is 0 Å². The van der Waals surface area contributed by atoms with Crippen LogP contribution in [0.1, 0.15) is 13.8 Å². The molecule has 1 heterocycles. The van der Waals surface area contributed by atoms with Gasteiger partial charge in [-0.2, -0.15) is 0 Å². The molecule has 3 heteroatoms. The Morgan fingerprint density at radius 2 is 2.15 bits per heavy atom. The molecule has 0 spiro atoms. The van der Waals surface area contributed by atoms with Gasteiger partial charge in [0.2, 0.25) is 0 Å². The van der Waals surface area contributed by atoms with E-state index in [-0.39, 0.29) is 0 Å². The fourth-order valence-electron chi connectivity index (χ4n) is 1.11. The second-order valence-corrected chi connectivity index (χ2v) is 3.66. The van der Waals surface area contributed by atoms with Crippen LogP contribution in [0.25, 0.3) is 0 Å². The van der Waals surface area contributed by atoms with Crippen molar-refractivity contribution in [2.24, 2.45) is 0 Å². The first kappa shape index (κ1) is 10.6. The van der Waals surface area contributed by atoms with Gasteiger partial charge in [-0.3, -0.25) is 0 Å². The van der Waals surface area contributed by atoms with Crippen LogP contribution >= 0.6 is 22.6 Å². The Morgan fingerprint density at radius 1 is 1.38 bits per heavy atom. The van der Waals surface area contributed by atoms with E-state index in [1.165, 1.54) is 3.57 Å². The van der Waals surface area contributed by atoms with E-state index in [1.54, 1.807) is 0 Å². The highest BCUT2D eigenvalue weighted by Gasteiger charge is 2.07. The van der Waals surface area contributed by atoms with Gasteiger partial charge in [-0.1, -0.05) is 13.8 Å². The van der Waals surface area contributed by atoms with E-state index in [1.807, 2.05) is 26.0 Å². The zero-order valence-corrected chi connectivity index (χ0v) is 10.1. The lowest BCUT2D eigenvalue weighted by Gasteiger charge is -2.18. The van der Waals surface area contributed by atoms with Gasteiger partial charge in [0, 0.05) is 10.1 Å². The van der Waals surface area contributed by atoms with Crippen LogP contribution in [0.4, 0.5) is 5.69 Å². The van der Waals surface area contributed by atoms with E-state index >= 15 is 0 Å². The number of benzene rings is 1. The third-order valence-corrected chi connectivity index (χ3v) is 2.29. The molecule has 0 fully saturated rings. The molecule has 0 atom stereocenters. The largest absolute Gasteiger partial charge is 0.490 e. The van der Waals surface area contributed by atoms with Crippen molar-refractivity contribution in [3.05, 3.63) is 21.8 Å². The van der Waals surface area contributed by atoms with Crippen LogP contribution in [0.15, 0.2) is 18.2 Å². The first-order chi connectivity index (χ1) is 6.36. The fraction of sp³-hybridized carbons (Fsp3) is 0.400. The minimum Gasteiger partial charge on any atom is -0.490 e. The maximum Gasteiger partial charge on any atom is 0.142 e. The van der Waals surface area contributed by atoms with Crippen molar-refractivity contribution in [3.8, 4) is 5.75 Å². The predicted molar refractivity (Wildman–Crippen MR) is 64.5 cm³/mol. The average Bonchev–Trinajstić information content (AvgIpc) is 2.21. The molecule has 1 aliphatic rings. The number of fused-ring (bicyclic) bond motifs is 1. The van der Waals surface area contributed by atoms with Gasteiger partial charge in [0.25, 0.3) is 0 Å². The van der Waals surface area contributed by atoms with Crippen LogP contribution in [0.5, 0.6) is 5.75 Å². The lowest BCUT2D eigenvalue weighted by Crippen LogP contribution is -2.17. The zero-order valence-electron chi connectivity index (χ0n) is 7.93. The van der Waals surface area contributed by atoms with Crippen LogP contribution in [-0.2, 0) is 0 Å². The van der Waals surface area contributed by atoms with Crippen LogP contribution < -0.4 is 10.1 Å². The molecule has 0 saturated heterocycles. The van der Waals surface area contributed by atoms with E-state index < -0.39 is 0 Å². The normalized spacial score (nSPS) is 12.8. The standard InChI is InChI=1S/C8H8INO.C2H6/c9-6-1-2-8-7(5-6)10-3-4-11-8;1-2/h1-2,5,10H,3-4H2;1-2H3. The Kier molecular flexibility index (Phi) is 4.35. The first-order valence-corrected chi connectivity index (χ1v) is 5.60. The smallest absolute Gasteiger partial charge is 0.142 e. The third kappa shape index (κ3) is 2.76. The highest BCUT2D eigenvalue weighted by molar-refractivity contribution is 14.1. The summed E-state index contributed by atoms with van der Waals surface area (Å²) in [5.74, 6) is 0.969. The number of hydrogen-bond acceptors (Lipinski definition) is 2. The molecule has 2 nitrogen and oxygen atoms in total. The van der Waals surface area contributed by atoms with Crippen LogP contribution in [0.3, 0.4) is 0 Å². The second kappa shape index (κ2) is 5.32. The Bertz CT molecular complexity index is 276. The van der Waals surface area contributed by atoms with E-state index in [0.29, 0.717) is 0 Å². The summed E-state index contributed by atoms with van der Waals surface area (Å²) in [5, 5.41) is 3.27. The zero-order chi connectivity index (χ0) is 9.68. The van der Waals surface area contributed by atoms with E-state index in [2.05, 4.69) is 34.0 Å². The van der Waals surface area contributed by atoms with Gasteiger partial charge in [0.15, 0.2) is 0 Å². The predicted octanol–water partition coefficient (Wildman–Crippen LogP) is 3.12. The summed E-state index contributed by atoms with van der Waals surface area (Å²) in [6.07, 6.45) is 0. The molecule has 2 rings (SSSR count). The van der Waals surface area contributed by atoms with Crippen LogP contribution in [0, 0.1) is 3.57 Å². The average molecular weight is 291 g/mol. The number of nitrogens with one attached hydrogen (secondary N) is 1. The second-order valence-electron chi connectivity index (χ2n) is 2.42. The van der Waals surface area contributed by atoms with Crippen molar-refractivity contribution in [2.45, 2.75) is 13.8 Å². The summed E-state index contributed by atoms with van der Waals surface area (Å²) in [5.41, 5.74) is 1.11. The van der Waals surface area contributed by atoms with Crippen molar-refractivity contribution in [1.29, 1.82) is 0 Å². The quantitative estimate of drug-likeness (QED) is 0.742. The van der Waals surface area contributed by atoms with Gasteiger partial charge in [-0.15, -0.1) is 0 Å². The highest BCUT2D eigenvalue weighted by atomic mass is 127. The minimum atomic E-state index is 0.771. The molecule has 0 aliphatic carbocycles. The summed E-state index contributed by atoms with van der Waals surface area (Å²) >= 11 is 2.29. The topological polar surface area (TPSA) is 21.3 Å². The monoisotopic (exact) mass is 291 g/mol. The van der Waals surface area contributed by atoms with Crippen molar-refractivity contribution >= 4 is 28.3 Å². The van der Waals surface area contributed by atoms with Gasteiger partial charge in [-0.25, -0.2) is 0 Å². The Hall–Kier alpha value is -0.450. The molecule has 0 aromatic heterocycles. The molecule has 0 amide bonds.